The number of hydrogen-bond acceptors (Lipinski definition) is 0. The Hall–Kier alpha value is -0.715. The molecule has 0 bridgehead atoms. The van der Waals surface area contributed by atoms with Crippen molar-refractivity contribution in [3.05, 3.63) is 35.4 Å². The molecule has 0 N–H and O–H groups in total. The third kappa shape index (κ3) is 2.36. The van der Waals surface area contributed by atoms with E-state index in [-0.39, 0.29) is 8.41 Å². The van der Waals surface area contributed by atoms with Gasteiger partial charge in [-0.25, -0.2) is 0 Å². The minimum absolute atomic E-state index is 0. The van der Waals surface area contributed by atoms with Gasteiger partial charge < -0.3 is 0 Å². The van der Waals surface area contributed by atoms with Crippen LogP contribution in [0.1, 0.15) is 11.1 Å². The number of aryl methyl sites for hydroxylation is 2. The van der Waals surface area contributed by atoms with Gasteiger partial charge in [-0.2, -0.15) is 0 Å². The summed E-state index contributed by atoms with van der Waals surface area (Å²) >= 11 is 0. The van der Waals surface area contributed by atoms with E-state index in [1.165, 1.54) is 11.1 Å². The Morgan fingerprint density at radius 2 is 1.44 bits per heavy atom. The zero-order chi connectivity index (χ0) is 5.98. The van der Waals surface area contributed by atoms with Crippen molar-refractivity contribution in [1.82, 2.24) is 0 Å². The lowest BCUT2D eigenvalue weighted by Gasteiger charge is -1.90. The molecule has 1 rings (SSSR count). The molecule has 3 radical (unpaired) electrons. The molecule has 9 heavy (non-hydrogen) atoms. The van der Waals surface area contributed by atoms with E-state index >= 15 is 0 Å². The fraction of sp³-hybridized carbons (Fsp3) is 0.250. The Bertz CT molecular complexity index is 164. The maximum atomic E-state index is 2.17. The van der Waals surface area contributed by atoms with E-state index in [4.69, 9.17) is 0 Å². The quantitative estimate of drug-likeness (QED) is 0.455. The van der Waals surface area contributed by atoms with E-state index in [0.717, 1.165) is 0 Å². The lowest BCUT2D eigenvalue weighted by atomic mass is 10.2. The summed E-state index contributed by atoms with van der Waals surface area (Å²) in [5, 5.41) is 0. The molecule has 0 aliphatic carbocycles. The topological polar surface area (TPSA) is 0 Å². The molecule has 0 aliphatic heterocycles. The highest BCUT2D eigenvalue weighted by molar-refractivity contribution is 5.75. The molecule has 0 fully saturated rings. The van der Waals surface area contributed by atoms with Crippen LogP contribution in [0.25, 0.3) is 0 Å². The van der Waals surface area contributed by atoms with Gasteiger partial charge in [0.15, 0.2) is 0 Å². The molecule has 0 aliphatic rings. The Labute approximate surface area is 58.5 Å². The van der Waals surface area contributed by atoms with Crippen molar-refractivity contribution in [3.63, 3.8) is 0 Å². The van der Waals surface area contributed by atoms with Gasteiger partial charge in [0.25, 0.3) is 0 Å². The predicted octanol–water partition coefficient (Wildman–Crippen LogP) is 1.92. The Morgan fingerprint density at radius 3 is 1.67 bits per heavy atom. The highest BCUT2D eigenvalue weighted by atomic mass is 13.9. The molecule has 45 valence electrons. The highest BCUT2D eigenvalue weighted by Gasteiger charge is 1.80. The van der Waals surface area contributed by atoms with Crippen molar-refractivity contribution in [2.75, 3.05) is 0 Å². The van der Waals surface area contributed by atoms with E-state index in [0.29, 0.717) is 0 Å². The molecule has 0 saturated heterocycles. The molecule has 0 nitrogen and oxygen atoms in total. The summed E-state index contributed by atoms with van der Waals surface area (Å²) in [6.45, 7) is 4.21. The highest BCUT2D eigenvalue weighted by Crippen LogP contribution is 2.00. The maximum absolute atomic E-state index is 2.17. The van der Waals surface area contributed by atoms with Crippen molar-refractivity contribution < 1.29 is 0 Å². The Balaban J connectivity index is 0.000000640. The second kappa shape index (κ2) is 3.34. The van der Waals surface area contributed by atoms with Crippen molar-refractivity contribution >= 4 is 8.41 Å². The minimum Gasteiger partial charge on any atom is -0.0617 e. The van der Waals surface area contributed by atoms with Crippen LogP contribution < -0.4 is 0 Å². The third-order valence-electron chi connectivity index (χ3n) is 1.17. The van der Waals surface area contributed by atoms with Crippen LogP contribution in [0, 0.1) is 13.8 Å². The van der Waals surface area contributed by atoms with Gasteiger partial charge in [-0.05, 0) is 13.8 Å². The van der Waals surface area contributed by atoms with Gasteiger partial charge >= 0.3 is 0 Å². The molecule has 0 spiro atoms. The summed E-state index contributed by atoms with van der Waals surface area (Å²) in [6, 6.07) is 8.45. The summed E-state index contributed by atoms with van der Waals surface area (Å²) < 4.78 is 0. The first-order chi connectivity index (χ1) is 3.79. The summed E-state index contributed by atoms with van der Waals surface area (Å²) in [4.78, 5) is 0. The number of hydrogen-bond donors (Lipinski definition) is 0. The van der Waals surface area contributed by atoms with Crippen molar-refractivity contribution in [2.45, 2.75) is 13.8 Å². The average Bonchev–Trinajstić information content (AvgIpc) is 1.64. The molecule has 0 heterocycles. The summed E-state index contributed by atoms with van der Waals surface area (Å²) in [7, 11) is 0. The van der Waals surface area contributed by atoms with Crippen molar-refractivity contribution in [1.29, 1.82) is 0 Å². The second-order valence-corrected chi connectivity index (χ2v) is 2.16. The van der Waals surface area contributed by atoms with Gasteiger partial charge in [0.1, 0.15) is 0 Å². The fourth-order valence-corrected chi connectivity index (χ4v) is 0.807. The normalized spacial score (nSPS) is 8.22. The molecule has 0 aromatic heterocycles. The van der Waals surface area contributed by atoms with Gasteiger partial charge in [-0.15, -0.1) is 0 Å². The lowest BCUT2D eigenvalue weighted by molar-refractivity contribution is 1.39. The SMILES string of the molecule is Cc1cccc(C)c1.[B]. The third-order valence-corrected chi connectivity index (χ3v) is 1.17. The van der Waals surface area contributed by atoms with Crippen molar-refractivity contribution in [2.24, 2.45) is 0 Å². The zero-order valence-electron chi connectivity index (χ0n) is 5.89. The van der Waals surface area contributed by atoms with E-state index in [2.05, 4.69) is 38.1 Å². The molecule has 0 amide bonds. The van der Waals surface area contributed by atoms with E-state index in [9.17, 15) is 0 Å². The van der Waals surface area contributed by atoms with E-state index < -0.39 is 0 Å². The Kier molecular flexibility index (Phi) is 3.07. The maximum Gasteiger partial charge on any atom is 0 e. The molecule has 1 aromatic carbocycles. The van der Waals surface area contributed by atoms with Crippen molar-refractivity contribution in [3.8, 4) is 0 Å². The first-order valence-electron chi connectivity index (χ1n) is 2.82. The molecule has 1 heteroatoms. The van der Waals surface area contributed by atoms with Crippen LogP contribution in [0.2, 0.25) is 0 Å². The van der Waals surface area contributed by atoms with Crippen LogP contribution in [0.4, 0.5) is 0 Å². The molecule has 0 saturated carbocycles. The van der Waals surface area contributed by atoms with Gasteiger partial charge in [-0.1, -0.05) is 35.4 Å². The smallest absolute Gasteiger partial charge is 0 e. The minimum atomic E-state index is 0. The molecular weight excluding hydrogens is 107 g/mol. The lowest BCUT2D eigenvalue weighted by Crippen LogP contribution is -1.71. The number of rotatable bonds is 0. The molecule has 1 aromatic rings. The van der Waals surface area contributed by atoms with Crippen LogP contribution in [0.15, 0.2) is 24.3 Å². The molecule has 0 atom stereocenters. The van der Waals surface area contributed by atoms with Gasteiger partial charge in [0.2, 0.25) is 0 Å². The number of benzene rings is 1. The van der Waals surface area contributed by atoms with Crippen LogP contribution in [0.3, 0.4) is 0 Å². The van der Waals surface area contributed by atoms with Gasteiger partial charge in [0.05, 0.1) is 0 Å². The van der Waals surface area contributed by atoms with E-state index in [1.807, 2.05) is 0 Å². The molecule has 0 unspecified atom stereocenters. The van der Waals surface area contributed by atoms with Crippen LogP contribution in [0.5, 0.6) is 0 Å². The first kappa shape index (κ1) is 8.28. The second-order valence-electron chi connectivity index (χ2n) is 2.16. The standard InChI is InChI=1S/C8H10.B/c1-7-4-3-5-8(2)6-7;/h3-6H,1-2H3;. The first-order valence-corrected chi connectivity index (χ1v) is 2.82. The van der Waals surface area contributed by atoms with Gasteiger partial charge in [-0.3, -0.25) is 0 Å². The summed E-state index contributed by atoms with van der Waals surface area (Å²) in [6.07, 6.45) is 0. The molecular formula is C8H10B. The van der Waals surface area contributed by atoms with Crippen LogP contribution in [-0.2, 0) is 0 Å². The summed E-state index contributed by atoms with van der Waals surface area (Å²) in [5.41, 5.74) is 2.68. The van der Waals surface area contributed by atoms with Crippen LogP contribution >= 0.6 is 0 Å². The van der Waals surface area contributed by atoms with E-state index in [1.54, 1.807) is 0 Å². The predicted molar refractivity (Wildman–Crippen MR) is 41.7 cm³/mol. The van der Waals surface area contributed by atoms with Crippen LogP contribution in [-0.4, -0.2) is 8.41 Å². The van der Waals surface area contributed by atoms with Gasteiger partial charge in [0, 0.05) is 8.41 Å². The fourth-order valence-electron chi connectivity index (χ4n) is 0.807. The monoisotopic (exact) mass is 117 g/mol. The Morgan fingerprint density at radius 1 is 1.00 bits per heavy atom. The summed E-state index contributed by atoms with van der Waals surface area (Å²) in [5.74, 6) is 0. The average molecular weight is 117 g/mol. The zero-order valence-corrected chi connectivity index (χ0v) is 5.89. The largest absolute Gasteiger partial charge is 0.0617 e.